The lowest BCUT2D eigenvalue weighted by molar-refractivity contribution is -0.129. The Balaban J connectivity index is 2.92. The SMILES string of the molecule is CC(C(=O)N(C)C)N(CCC#N)c1ccccc1. The molecule has 1 aromatic carbocycles. The monoisotopic (exact) mass is 245 g/mol. The Kier molecular flexibility index (Phi) is 5.19. The van der Waals surface area contributed by atoms with Gasteiger partial charge in [0, 0.05) is 26.3 Å². The zero-order valence-electron chi connectivity index (χ0n) is 11.1. The second-order valence-electron chi connectivity index (χ2n) is 4.35. The maximum atomic E-state index is 12.0. The minimum atomic E-state index is -0.268. The summed E-state index contributed by atoms with van der Waals surface area (Å²) in [6.07, 6.45) is 0.403. The van der Waals surface area contributed by atoms with Crippen LogP contribution in [0.1, 0.15) is 13.3 Å². The van der Waals surface area contributed by atoms with Crippen LogP contribution >= 0.6 is 0 Å². The average molecular weight is 245 g/mol. The van der Waals surface area contributed by atoms with E-state index in [1.165, 1.54) is 0 Å². The van der Waals surface area contributed by atoms with Crippen molar-refractivity contribution in [2.75, 3.05) is 25.5 Å². The predicted octanol–water partition coefficient (Wildman–Crippen LogP) is 1.88. The Morgan fingerprint density at radius 1 is 1.33 bits per heavy atom. The van der Waals surface area contributed by atoms with Crippen molar-refractivity contribution in [2.24, 2.45) is 0 Å². The Bertz CT molecular complexity index is 422. The molecule has 1 aromatic rings. The highest BCUT2D eigenvalue weighted by molar-refractivity contribution is 5.84. The van der Waals surface area contributed by atoms with E-state index in [0.29, 0.717) is 13.0 Å². The molecule has 0 fully saturated rings. The zero-order chi connectivity index (χ0) is 13.5. The maximum Gasteiger partial charge on any atom is 0.244 e. The number of amides is 1. The molecule has 1 atom stereocenters. The standard InChI is InChI=1S/C14H19N3O/c1-12(14(18)16(2)3)17(11-7-10-15)13-8-5-4-6-9-13/h4-6,8-9,12H,7,11H2,1-3H3. The summed E-state index contributed by atoms with van der Waals surface area (Å²) in [6, 6.07) is 11.6. The van der Waals surface area contributed by atoms with Crippen molar-refractivity contribution >= 4 is 11.6 Å². The highest BCUT2D eigenvalue weighted by Crippen LogP contribution is 2.17. The molecule has 1 unspecified atom stereocenters. The number of carbonyl (C=O) groups is 1. The van der Waals surface area contributed by atoms with Crippen molar-refractivity contribution in [2.45, 2.75) is 19.4 Å². The van der Waals surface area contributed by atoms with Gasteiger partial charge in [-0.25, -0.2) is 0 Å². The van der Waals surface area contributed by atoms with Gasteiger partial charge in [-0.2, -0.15) is 5.26 Å². The Morgan fingerprint density at radius 3 is 2.44 bits per heavy atom. The number of nitriles is 1. The number of hydrogen-bond donors (Lipinski definition) is 0. The molecule has 0 saturated carbocycles. The van der Waals surface area contributed by atoms with Crippen LogP contribution in [0.15, 0.2) is 30.3 Å². The van der Waals surface area contributed by atoms with E-state index in [2.05, 4.69) is 6.07 Å². The fourth-order valence-electron chi connectivity index (χ4n) is 1.84. The molecule has 0 aliphatic carbocycles. The molecule has 0 saturated heterocycles. The average Bonchev–Trinajstić information content (AvgIpc) is 2.39. The van der Waals surface area contributed by atoms with Gasteiger partial charge in [0.05, 0.1) is 12.5 Å². The van der Waals surface area contributed by atoms with Gasteiger partial charge in [0.25, 0.3) is 0 Å². The van der Waals surface area contributed by atoms with E-state index in [1.807, 2.05) is 42.2 Å². The number of carbonyl (C=O) groups excluding carboxylic acids is 1. The van der Waals surface area contributed by atoms with Crippen molar-refractivity contribution in [3.05, 3.63) is 30.3 Å². The van der Waals surface area contributed by atoms with Gasteiger partial charge in [-0.1, -0.05) is 18.2 Å². The highest BCUT2D eigenvalue weighted by Gasteiger charge is 2.22. The number of anilines is 1. The van der Waals surface area contributed by atoms with Gasteiger partial charge in [0.2, 0.25) is 5.91 Å². The lowest BCUT2D eigenvalue weighted by atomic mass is 10.2. The fourth-order valence-corrected chi connectivity index (χ4v) is 1.84. The van der Waals surface area contributed by atoms with Crippen molar-refractivity contribution in [3.63, 3.8) is 0 Å². The molecule has 1 rings (SSSR count). The van der Waals surface area contributed by atoms with E-state index >= 15 is 0 Å². The van der Waals surface area contributed by atoms with Gasteiger partial charge < -0.3 is 9.80 Å². The quantitative estimate of drug-likeness (QED) is 0.795. The van der Waals surface area contributed by atoms with Crippen LogP contribution in [-0.4, -0.2) is 37.5 Å². The predicted molar refractivity (Wildman–Crippen MR) is 72.2 cm³/mol. The van der Waals surface area contributed by atoms with Crippen molar-refractivity contribution < 1.29 is 4.79 Å². The molecule has 0 aliphatic rings. The number of benzene rings is 1. The molecule has 0 aliphatic heterocycles. The van der Waals surface area contributed by atoms with Gasteiger partial charge in [-0.3, -0.25) is 4.79 Å². The normalized spacial score (nSPS) is 11.4. The summed E-state index contributed by atoms with van der Waals surface area (Å²) in [6.45, 7) is 2.42. The van der Waals surface area contributed by atoms with Gasteiger partial charge in [0.15, 0.2) is 0 Å². The summed E-state index contributed by atoms with van der Waals surface area (Å²) in [5, 5.41) is 8.72. The van der Waals surface area contributed by atoms with Gasteiger partial charge in [0.1, 0.15) is 6.04 Å². The van der Waals surface area contributed by atoms with Crippen LogP contribution in [0.2, 0.25) is 0 Å². The van der Waals surface area contributed by atoms with E-state index in [0.717, 1.165) is 5.69 Å². The highest BCUT2D eigenvalue weighted by atomic mass is 16.2. The lowest BCUT2D eigenvalue weighted by Crippen LogP contribution is -2.45. The molecule has 18 heavy (non-hydrogen) atoms. The van der Waals surface area contributed by atoms with Crippen molar-refractivity contribution in [3.8, 4) is 6.07 Å². The molecule has 0 aromatic heterocycles. The summed E-state index contributed by atoms with van der Waals surface area (Å²) < 4.78 is 0. The fraction of sp³-hybridized carbons (Fsp3) is 0.429. The largest absolute Gasteiger partial charge is 0.359 e. The topological polar surface area (TPSA) is 47.3 Å². The van der Waals surface area contributed by atoms with E-state index in [1.54, 1.807) is 19.0 Å². The van der Waals surface area contributed by atoms with E-state index in [4.69, 9.17) is 5.26 Å². The Morgan fingerprint density at radius 2 is 1.94 bits per heavy atom. The van der Waals surface area contributed by atoms with Crippen LogP contribution in [-0.2, 0) is 4.79 Å². The van der Waals surface area contributed by atoms with Crippen LogP contribution in [0.4, 0.5) is 5.69 Å². The second-order valence-corrected chi connectivity index (χ2v) is 4.35. The van der Waals surface area contributed by atoms with Crippen LogP contribution < -0.4 is 4.90 Å². The molecular formula is C14H19N3O. The summed E-state index contributed by atoms with van der Waals surface area (Å²) in [5.74, 6) is 0.0387. The molecule has 0 spiro atoms. The van der Waals surface area contributed by atoms with Crippen LogP contribution in [0.25, 0.3) is 0 Å². The third-order valence-electron chi connectivity index (χ3n) is 2.82. The first kappa shape index (κ1) is 14.0. The Labute approximate surface area is 108 Å². The van der Waals surface area contributed by atoms with Crippen molar-refractivity contribution in [1.29, 1.82) is 5.26 Å². The first-order chi connectivity index (χ1) is 8.57. The third kappa shape index (κ3) is 3.49. The molecule has 4 heteroatoms. The number of rotatable bonds is 5. The van der Waals surface area contributed by atoms with E-state index < -0.39 is 0 Å². The van der Waals surface area contributed by atoms with Gasteiger partial charge in [-0.05, 0) is 19.1 Å². The minimum Gasteiger partial charge on any atom is -0.359 e. The summed E-state index contributed by atoms with van der Waals surface area (Å²) in [5.41, 5.74) is 0.968. The number of likely N-dealkylation sites (N-methyl/N-ethyl adjacent to an activating group) is 1. The number of nitrogens with zero attached hydrogens (tertiary/aromatic N) is 3. The van der Waals surface area contributed by atoms with Crippen LogP contribution in [0.5, 0.6) is 0 Å². The number of para-hydroxylation sites is 1. The molecular weight excluding hydrogens is 226 g/mol. The maximum absolute atomic E-state index is 12.0. The summed E-state index contributed by atoms with van der Waals surface area (Å²) in [7, 11) is 3.48. The van der Waals surface area contributed by atoms with E-state index in [-0.39, 0.29) is 11.9 Å². The van der Waals surface area contributed by atoms with Crippen LogP contribution in [0.3, 0.4) is 0 Å². The third-order valence-corrected chi connectivity index (χ3v) is 2.82. The Hall–Kier alpha value is -2.02. The molecule has 96 valence electrons. The van der Waals surface area contributed by atoms with Gasteiger partial charge in [-0.15, -0.1) is 0 Å². The van der Waals surface area contributed by atoms with Gasteiger partial charge >= 0.3 is 0 Å². The van der Waals surface area contributed by atoms with E-state index in [9.17, 15) is 4.79 Å². The molecule has 0 radical (unpaired) electrons. The second kappa shape index (κ2) is 6.65. The first-order valence-corrected chi connectivity index (χ1v) is 5.97. The molecule has 0 bridgehead atoms. The zero-order valence-corrected chi connectivity index (χ0v) is 11.1. The summed E-state index contributed by atoms with van der Waals surface area (Å²) >= 11 is 0. The van der Waals surface area contributed by atoms with Crippen molar-refractivity contribution in [1.82, 2.24) is 4.90 Å². The first-order valence-electron chi connectivity index (χ1n) is 5.97. The minimum absolute atomic E-state index is 0.0387. The van der Waals surface area contributed by atoms with Crippen LogP contribution in [0, 0.1) is 11.3 Å². The molecule has 4 nitrogen and oxygen atoms in total. The molecule has 1 amide bonds. The summed E-state index contributed by atoms with van der Waals surface area (Å²) in [4.78, 5) is 15.6. The lowest BCUT2D eigenvalue weighted by Gasteiger charge is -2.31. The number of hydrogen-bond acceptors (Lipinski definition) is 3. The smallest absolute Gasteiger partial charge is 0.244 e. The molecule has 0 heterocycles. The molecule has 0 N–H and O–H groups in total.